The summed E-state index contributed by atoms with van der Waals surface area (Å²) in [5.74, 6) is 0. The average molecular weight is 257 g/mol. The van der Waals surface area contributed by atoms with Crippen molar-refractivity contribution in [1.82, 2.24) is 9.78 Å². The molecule has 0 spiro atoms. The summed E-state index contributed by atoms with van der Waals surface area (Å²) in [5, 5.41) is 5.65. The Morgan fingerprint density at radius 1 is 1.28 bits per heavy atom. The SMILES string of the molecule is Cc1ccc(C(CN)n2ncc3ccccc32)s1. The molecule has 3 rings (SSSR count). The maximum absolute atomic E-state index is 5.94. The van der Waals surface area contributed by atoms with Crippen LogP contribution in [-0.4, -0.2) is 16.3 Å². The summed E-state index contributed by atoms with van der Waals surface area (Å²) < 4.78 is 2.03. The molecule has 3 aromatic rings. The Hall–Kier alpha value is -1.65. The Bertz CT molecular complexity index is 668. The Labute approximate surface area is 110 Å². The highest BCUT2D eigenvalue weighted by Gasteiger charge is 2.16. The van der Waals surface area contributed by atoms with E-state index in [0.717, 1.165) is 10.9 Å². The van der Waals surface area contributed by atoms with Gasteiger partial charge in [-0.3, -0.25) is 4.68 Å². The van der Waals surface area contributed by atoms with Crippen LogP contribution in [0.3, 0.4) is 0 Å². The lowest BCUT2D eigenvalue weighted by atomic mass is 10.2. The molecular weight excluding hydrogens is 242 g/mol. The van der Waals surface area contributed by atoms with Gasteiger partial charge in [-0.05, 0) is 25.1 Å². The van der Waals surface area contributed by atoms with Crippen LogP contribution in [0.15, 0.2) is 42.6 Å². The van der Waals surface area contributed by atoms with E-state index in [1.54, 1.807) is 11.3 Å². The number of benzene rings is 1. The minimum Gasteiger partial charge on any atom is -0.328 e. The molecule has 0 aliphatic carbocycles. The molecule has 4 heteroatoms. The van der Waals surface area contributed by atoms with Crippen LogP contribution < -0.4 is 5.73 Å². The summed E-state index contributed by atoms with van der Waals surface area (Å²) in [5.41, 5.74) is 7.08. The van der Waals surface area contributed by atoms with Crippen LogP contribution in [0.25, 0.3) is 10.9 Å². The maximum Gasteiger partial charge on any atom is 0.0989 e. The van der Waals surface area contributed by atoms with E-state index in [4.69, 9.17) is 5.73 Å². The standard InChI is InChI=1S/C14H15N3S/c1-10-6-7-14(18-10)13(8-15)17-12-5-3-2-4-11(12)9-16-17/h2-7,9,13H,8,15H2,1H3. The summed E-state index contributed by atoms with van der Waals surface area (Å²) in [6, 6.07) is 12.6. The molecule has 0 aliphatic rings. The number of aromatic nitrogens is 2. The summed E-state index contributed by atoms with van der Waals surface area (Å²) in [7, 11) is 0. The molecule has 0 saturated carbocycles. The monoisotopic (exact) mass is 257 g/mol. The minimum absolute atomic E-state index is 0.128. The highest BCUT2D eigenvalue weighted by atomic mass is 32.1. The first kappa shape index (κ1) is 11.4. The van der Waals surface area contributed by atoms with Crippen molar-refractivity contribution < 1.29 is 0 Å². The number of fused-ring (bicyclic) bond motifs is 1. The molecule has 0 bridgehead atoms. The highest BCUT2D eigenvalue weighted by Crippen LogP contribution is 2.27. The lowest BCUT2D eigenvalue weighted by Gasteiger charge is -2.15. The van der Waals surface area contributed by atoms with Crippen molar-refractivity contribution in [2.45, 2.75) is 13.0 Å². The Morgan fingerprint density at radius 2 is 2.11 bits per heavy atom. The Kier molecular flexibility index (Phi) is 2.89. The van der Waals surface area contributed by atoms with Gasteiger partial charge in [0.1, 0.15) is 0 Å². The summed E-state index contributed by atoms with van der Waals surface area (Å²) in [6.45, 7) is 2.68. The van der Waals surface area contributed by atoms with Crippen LogP contribution in [0.5, 0.6) is 0 Å². The van der Waals surface area contributed by atoms with E-state index < -0.39 is 0 Å². The number of nitrogens with two attached hydrogens (primary N) is 1. The summed E-state index contributed by atoms with van der Waals surface area (Å²) >= 11 is 1.79. The Morgan fingerprint density at radius 3 is 2.83 bits per heavy atom. The smallest absolute Gasteiger partial charge is 0.0989 e. The van der Waals surface area contributed by atoms with E-state index in [1.807, 2.05) is 23.0 Å². The fraction of sp³-hybridized carbons (Fsp3) is 0.214. The number of hydrogen-bond acceptors (Lipinski definition) is 3. The van der Waals surface area contributed by atoms with Gasteiger partial charge in [0.05, 0.1) is 17.8 Å². The van der Waals surface area contributed by atoms with Crippen molar-refractivity contribution in [3.63, 3.8) is 0 Å². The fourth-order valence-electron chi connectivity index (χ4n) is 2.21. The third-order valence-electron chi connectivity index (χ3n) is 3.11. The van der Waals surface area contributed by atoms with E-state index in [1.165, 1.54) is 9.75 Å². The molecule has 1 atom stereocenters. The van der Waals surface area contributed by atoms with Gasteiger partial charge >= 0.3 is 0 Å². The predicted molar refractivity (Wildman–Crippen MR) is 76.0 cm³/mol. The molecule has 2 aromatic heterocycles. The lowest BCUT2D eigenvalue weighted by Crippen LogP contribution is -2.20. The van der Waals surface area contributed by atoms with Gasteiger partial charge in [-0.1, -0.05) is 18.2 Å². The Balaban J connectivity index is 2.11. The van der Waals surface area contributed by atoms with Crippen LogP contribution in [0, 0.1) is 6.92 Å². The number of aryl methyl sites for hydroxylation is 1. The van der Waals surface area contributed by atoms with Gasteiger partial charge in [-0.25, -0.2) is 0 Å². The molecule has 3 nitrogen and oxygen atoms in total. The van der Waals surface area contributed by atoms with E-state index in [-0.39, 0.29) is 6.04 Å². The third-order valence-corrected chi connectivity index (χ3v) is 4.21. The zero-order valence-electron chi connectivity index (χ0n) is 10.2. The molecule has 0 saturated heterocycles. The maximum atomic E-state index is 5.94. The molecule has 0 amide bonds. The van der Waals surface area contributed by atoms with Gasteiger partial charge in [0.25, 0.3) is 0 Å². The van der Waals surface area contributed by atoms with Crippen LogP contribution in [-0.2, 0) is 0 Å². The molecule has 1 aromatic carbocycles. The van der Waals surface area contributed by atoms with Gasteiger partial charge in [-0.15, -0.1) is 11.3 Å². The number of hydrogen-bond donors (Lipinski definition) is 1. The van der Waals surface area contributed by atoms with Gasteiger partial charge < -0.3 is 5.73 Å². The van der Waals surface area contributed by atoms with Crippen molar-refractivity contribution in [1.29, 1.82) is 0 Å². The predicted octanol–water partition coefficient (Wildman–Crippen LogP) is 2.95. The summed E-state index contributed by atoms with van der Waals surface area (Å²) in [4.78, 5) is 2.57. The van der Waals surface area contributed by atoms with E-state index in [9.17, 15) is 0 Å². The number of nitrogens with zero attached hydrogens (tertiary/aromatic N) is 2. The molecule has 0 fully saturated rings. The normalized spacial score (nSPS) is 13.0. The molecule has 18 heavy (non-hydrogen) atoms. The first-order chi connectivity index (χ1) is 8.79. The second-order valence-electron chi connectivity index (χ2n) is 4.35. The van der Waals surface area contributed by atoms with Crippen molar-refractivity contribution in [2.75, 3.05) is 6.54 Å². The number of thiophene rings is 1. The molecule has 1 unspecified atom stereocenters. The number of para-hydroxylation sites is 1. The fourth-order valence-corrected chi connectivity index (χ4v) is 3.19. The molecule has 92 valence electrons. The summed E-state index contributed by atoms with van der Waals surface area (Å²) in [6.07, 6.45) is 1.90. The van der Waals surface area contributed by atoms with Gasteiger partial charge in [0.15, 0.2) is 0 Å². The van der Waals surface area contributed by atoms with Crippen molar-refractivity contribution in [2.24, 2.45) is 5.73 Å². The van der Waals surface area contributed by atoms with E-state index in [0.29, 0.717) is 6.54 Å². The number of rotatable bonds is 3. The van der Waals surface area contributed by atoms with Crippen molar-refractivity contribution >= 4 is 22.2 Å². The van der Waals surface area contributed by atoms with Crippen molar-refractivity contribution in [3.05, 3.63) is 52.3 Å². The average Bonchev–Trinajstić information content (AvgIpc) is 2.98. The second-order valence-corrected chi connectivity index (χ2v) is 5.67. The molecule has 0 radical (unpaired) electrons. The minimum atomic E-state index is 0.128. The first-order valence-corrected chi connectivity index (χ1v) is 6.80. The van der Waals surface area contributed by atoms with Crippen LogP contribution >= 0.6 is 11.3 Å². The van der Waals surface area contributed by atoms with Crippen LogP contribution in [0.1, 0.15) is 15.8 Å². The van der Waals surface area contributed by atoms with E-state index in [2.05, 4.69) is 36.3 Å². The highest BCUT2D eigenvalue weighted by molar-refractivity contribution is 7.12. The van der Waals surface area contributed by atoms with Gasteiger partial charge in [0.2, 0.25) is 0 Å². The molecular formula is C14H15N3S. The van der Waals surface area contributed by atoms with Gasteiger partial charge in [0, 0.05) is 21.7 Å². The molecule has 2 heterocycles. The molecule has 0 aliphatic heterocycles. The second kappa shape index (κ2) is 4.55. The van der Waals surface area contributed by atoms with Gasteiger partial charge in [-0.2, -0.15) is 5.10 Å². The third kappa shape index (κ3) is 1.83. The zero-order chi connectivity index (χ0) is 12.5. The molecule has 2 N–H and O–H groups in total. The van der Waals surface area contributed by atoms with Crippen molar-refractivity contribution in [3.8, 4) is 0 Å². The zero-order valence-corrected chi connectivity index (χ0v) is 11.0. The lowest BCUT2D eigenvalue weighted by molar-refractivity contribution is 0.557. The first-order valence-electron chi connectivity index (χ1n) is 5.98. The topological polar surface area (TPSA) is 43.8 Å². The van der Waals surface area contributed by atoms with Crippen LogP contribution in [0.4, 0.5) is 0 Å². The van der Waals surface area contributed by atoms with E-state index >= 15 is 0 Å². The quantitative estimate of drug-likeness (QED) is 0.784. The van der Waals surface area contributed by atoms with Crippen LogP contribution in [0.2, 0.25) is 0 Å². The largest absolute Gasteiger partial charge is 0.328 e.